The molecule has 2 N–H and O–H groups in total. The molecule has 2 aromatic rings. The molecule has 3 atom stereocenters. The quantitative estimate of drug-likeness (QED) is 0.368. The molecular weight excluding hydrogens is 345 g/mol. The largest absolute Gasteiger partial charge is 0.488 e. The average molecular weight is 367 g/mol. The number of carbonyl (C=O) groups excluding carboxylic acids is 2. The number of hydrogen-bond donors (Lipinski definition) is 2. The van der Waals surface area contributed by atoms with E-state index in [2.05, 4.69) is 18.8 Å². The number of hydrogen-bond acceptors (Lipinski definition) is 6. The van der Waals surface area contributed by atoms with Crippen molar-refractivity contribution < 1.29 is 24.4 Å². The SMILES string of the molecule is CC1(C)C2CCC(C=O)(C(=O)Oc3nccc4ccc(B(O)O)cc34)C1C2. The van der Waals surface area contributed by atoms with Gasteiger partial charge in [-0.05, 0) is 59.5 Å². The maximum atomic E-state index is 13.1. The van der Waals surface area contributed by atoms with E-state index >= 15 is 0 Å². The molecule has 3 aliphatic rings. The van der Waals surface area contributed by atoms with Crippen LogP contribution < -0.4 is 10.2 Å². The van der Waals surface area contributed by atoms with Crippen LogP contribution in [0.2, 0.25) is 0 Å². The summed E-state index contributed by atoms with van der Waals surface area (Å²) in [6, 6.07) is 6.58. The van der Waals surface area contributed by atoms with Gasteiger partial charge in [0.25, 0.3) is 0 Å². The molecule has 1 heterocycles. The number of benzene rings is 1. The number of fused-ring (bicyclic) bond motifs is 3. The molecular formula is C20H22BNO5. The van der Waals surface area contributed by atoms with Crippen LogP contribution in [0.3, 0.4) is 0 Å². The predicted molar refractivity (Wildman–Crippen MR) is 100 cm³/mol. The number of ether oxygens (including phenoxy) is 1. The van der Waals surface area contributed by atoms with Gasteiger partial charge in [-0.15, -0.1) is 0 Å². The van der Waals surface area contributed by atoms with Gasteiger partial charge >= 0.3 is 13.1 Å². The van der Waals surface area contributed by atoms with Crippen LogP contribution in [0.15, 0.2) is 30.5 Å². The number of pyridine rings is 1. The Kier molecular flexibility index (Phi) is 4.12. The zero-order chi connectivity index (χ0) is 19.4. The Morgan fingerprint density at radius 1 is 1.33 bits per heavy atom. The Morgan fingerprint density at radius 2 is 2.11 bits per heavy atom. The smallest absolute Gasteiger partial charge is 0.423 e. The molecule has 1 aromatic heterocycles. The maximum Gasteiger partial charge on any atom is 0.488 e. The minimum Gasteiger partial charge on any atom is -0.423 e. The summed E-state index contributed by atoms with van der Waals surface area (Å²) in [5, 5.41) is 20.1. The standard InChI is InChI=1S/C20H22BNO5/c1-19(2)13-5-7-20(11-23,16(19)9-13)18(24)27-17-15-10-14(21(25)26)4-3-12(15)6-8-22-17/h3-4,6,8,10-11,13,16,25-26H,5,7,9H2,1-2H3. The summed E-state index contributed by atoms with van der Waals surface area (Å²) >= 11 is 0. The van der Waals surface area contributed by atoms with Crippen molar-refractivity contribution in [3.63, 3.8) is 0 Å². The molecule has 0 aliphatic heterocycles. The third-order valence-corrected chi connectivity index (χ3v) is 6.83. The number of rotatable bonds is 4. The van der Waals surface area contributed by atoms with Gasteiger partial charge in [-0.2, -0.15) is 0 Å². The molecule has 2 bridgehead atoms. The van der Waals surface area contributed by atoms with E-state index in [1.54, 1.807) is 18.2 Å². The van der Waals surface area contributed by atoms with Crippen LogP contribution in [0.25, 0.3) is 10.8 Å². The van der Waals surface area contributed by atoms with Crippen molar-refractivity contribution in [3.05, 3.63) is 30.5 Å². The number of esters is 1. The Balaban J connectivity index is 1.70. The van der Waals surface area contributed by atoms with Crippen molar-refractivity contribution in [3.8, 4) is 5.88 Å². The van der Waals surface area contributed by atoms with Gasteiger partial charge < -0.3 is 19.6 Å². The fourth-order valence-electron chi connectivity index (χ4n) is 4.98. The predicted octanol–water partition coefficient (Wildman–Crippen LogP) is 1.46. The first-order valence-corrected chi connectivity index (χ1v) is 9.23. The van der Waals surface area contributed by atoms with Gasteiger partial charge in [0.15, 0.2) is 0 Å². The van der Waals surface area contributed by atoms with Gasteiger partial charge in [0.2, 0.25) is 5.88 Å². The van der Waals surface area contributed by atoms with Crippen molar-refractivity contribution in [1.82, 2.24) is 4.98 Å². The first-order chi connectivity index (χ1) is 12.8. The van der Waals surface area contributed by atoms with E-state index in [9.17, 15) is 19.6 Å². The van der Waals surface area contributed by atoms with E-state index in [1.807, 2.05) is 0 Å². The second kappa shape index (κ2) is 6.14. The Bertz CT molecular complexity index is 926. The van der Waals surface area contributed by atoms with Crippen LogP contribution in [0.5, 0.6) is 5.88 Å². The van der Waals surface area contributed by atoms with Crippen LogP contribution in [0, 0.1) is 22.7 Å². The van der Waals surface area contributed by atoms with E-state index in [0.29, 0.717) is 17.7 Å². The summed E-state index contributed by atoms with van der Waals surface area (Å²) in [6.07, 6.45) is 4.49. The second-order valence-corrected chi connectivity index (χ2v) is 8.36. The lowest BCUT2D eigenvalue weighted by molar-refractivity contribution is -0.186. The number of aldehydes is 1. The fraction of sp³-hybridized carbons (Fsp3) is 0.450. The lowest BCUT2D eigenvalue weighted by atomic mass is 9.41. The van der Waals surface area contributed by atoms with Crippen LogP contribution in [-0.2, 0) is 9.59 Å². The molecule has 5 rings (SSSR count). The van der Waals surface area contributed by atoms with Crippen LogP contribution in [-0.4, -0.2) is 34.4 Å². The summed E-state index contributed by atoms with van der Waals surface area (Å²) in [7, 11) is -1.63. The maximum absolute atomic E-state index is 13.1. The highest BCUT2D eigenvalue weighted by molar-refractivity contribution is 6.58. The average Bonchev–Trinajstić information content (AvgIpc) is 2.67. The number of carbonyl (C=O) groups is 2. The Hall–Kier alpha value is -2.25. The van der Waals surface area contributed by atoms with Crippen molar-refractivity contribution >= 4 is 35.6 Å². The van der Waals surface area contributed by atoms with Crippen LogP contribution in [0.1, 0.15) is 33.1 Å². The Morgan fingerprint density at radius 3 is 2.74 bits per heavy atom. The Labute approximate surface area is 157 Å². The van der Waals surface area contributed by atoms with Gasteiger partial charge in [0, 0.05) is 11.6 Å². The summed E-state index contributed by atoms with van der Waals surface area (Å²) < 4.78 is 5.64. The zero-order valence-electron chi connectivity index (χ0n) is 15.4. The van der Waals surface area contributed by atoms with E-state index in [-0.39, 0.29) is 22.7 Å². The normalized spacial score (nSPS) is 28.3. The van der Waals surface area contributed by atoms with E-state index < -0.39 is 18.5 Å². The lowest BCUT2D eigenvalue weighted by Gasteiger charge is -2.62. The highest BCUT2D eigenvalue weighted by atomic mass is 16.5. The summed E-state index contributed by atoms with van der Waals surface area (Å²) in [6.45, 7) is 4.23. The highest BCUT2D eigenvalue weighted by Gasteiger charge is 2.65. The molecule has 3 saturated carbocycles. The topological polar surface area (TPSA) is 96.7 Å². The minimum atomic E-state index is -1.63. The van der Waals surface area contributed by atoms with Gasteiger partial charge in [-0.1, -0.05) is 26.0 Å². The highest BCUT2D eigenvalue weighted by Crippen LogP contribution is 2.65. The zero-order valence-corrected chi connectivity index (χ0v) is 15.4. The van der Waals surface area contributed by atoms with Crippen molar-refractivity contribution in [1.29, 1.82) is 0 Å². The molecule has 7 heteroatoms. The number of nitrogens with zero attached hydrogens (tertiary/aromatic N) is 1. The first kappa shape index (κ1) is 18.1. The summed E-state index contributed by atoms with van der Waals surface area (Å²) in [5.41, 5.74) is -0.923. The molecule has 0 amide bonds. The fourth-order valence-corrected chi connectivity index (χ4v) is 4.98. The molecule has 27 heavy (non-hydrogen) atoms. The van der Waals surface area contributed by atoms with Gasteiger partial charge in [0.1, 0.15) is 11.7 Å². The molecule has 0 saturated heterocycles. The van der Waals surface area contributed by atoms with Crippen molar-refractivity contribution in [2.75, 3.05) is 0 Å². The minimum absolute atomic E-state index is 0.0291. The van der Waals surface area contributed by atoms with E-state index in [4.69, 9.17) is 4.74 Å². The third-order valence-electron chi connectivity index (χ3n) is 6.83. The molecule has 0 radical (unpaired) electrons. The van der Waals surface area contributed by atoms with Gasteiger partial charge in [-0.25, -0.2) is 4.98 Å². The molecule has 3 fully saturated rings. The van der Waals surface area contributed by atoms with Gasteiger partial charge in [-0.3, -0.25) is 4.79 Å². The second-order valence-electron chi connectivity index (χ2n) is 8.36. The molecule has 6 nitrogen and oxygen atoms in total. The van der Waals surface area contributed by atoms with E-state index in [0.717, 1.165) is 24.5 Å². The van der Waals surface area contributed by atoms with Gasteiger partial charge in [0.05, 0.1) is 0 Å². The molecule has 0 spiro atoms. The van der Waals surface area contributed by atoms with Crippen molar-refractivity contribution in [2.24, 2.45) is 22.7 Å². The summed E-state index contributed by atoms with van der Waals surface area (Å²) in [4.78, 5) is 29.3. The summed E-state index contributed by atoms with van der Waals surface area (Å²) in [5.74, 6) is 0.0374. The third kappa shape index (κ3) is 2.60. The molecule has 140 valence electrons. The monoisotopic (exact) mass is 367 g/mol. The number of aromatic nitrogens is 1. The van der Waals surface area contributed by atoms with E-state index in [1.165, 1.54) is 12.3 Å². The lowest BCUT2D eigenvalue weighted by Crippen LogP contribution is -2.62. The first-order valence-electron chi connectivity index (χ1n) is 9.23. The van der Waals surface area contributed by atoms with Crippen LogP contribution >= 0.6 is 0 Å². The van der Waals surface area contributed by atoms with Crippen LogP contribution in [0.4, 0.5) is 0 Å². The van der Waals surface area contributed by atoms with Crippen molar-refractivity contribution in [2.45, 2.75) is 33.1 Å². The molecule has 3 unspecified atom stereocenters. The molecule has 1 aromatic carbocycles. The molecule has 3 aliphatic carbocycles.